The molecule has 23 heavy (non-hydrogen) atoms. The van der Waals surface area contributed by atoms with Crippen molar-refractivity contribution in [3.63, 3.8) is 0 Å². The largest absolute Gasteiger partial charge is 0.506 e. The van der Waals surface area contributed by atoms with Gasteiger partial charge in [0.15, 0.2) is 11.5 Å². The Bertz CT molecular complexity index is 713. The number of rotatable bonds is 6. The van der Waals surface area contributed by atoms with Crippen LogP contribution in [-0.4, -0.2) is 35.5 Å². The Labute approximate surface area is 134 Å². The Balaban J connectivity index is 1.98. The lowest BCUT2D eigenvalue weighted by atomic mass is 10.2. The van der Waals surface area contributed by atoms with Gasteiger partial charge in [-0.25, -0.2) is 0 Å². The number of ether oxygens (including phenoxy) is 1. The van der Waals surface area contributed by atoms with Crippen molar-refractivity contribution in [2.24, 2.45) is 4.99 Å². The molecule has 0 bridgehead atoms. The van der Waals surface area contributed by atoms with E-state index in [0.29, 0.717) is 23.6 Å². The van der Waals surface area contributed by atoms with E-state index < -0.39 is 0 Å². The first-order chi connectivity index (χ1) is 11.1. The first-order valence-corrected chi connectivity index (χ1v) is 7.14. The highest BCUT2D eigenvalue weighted by molar-refractivity contribution is 5.95. The van der Waals surface area contributed by atoms with Gasteiger partial charge in [-0.3, -0.25) is 9.79 Å². The fraction of sp³-hybridized carbons (Fsp3) is 0.176. The van der Waals surface area contributed by atoms with E-state index in [0.717, 1.165) is 0 Å². The maximum Gasteiger partial charge on any atom is 0.246 e. The summed E-state index contributed by atoms with van der Waals surface area (Å²) in [7, 11) is 0. The van der Waals surface area contributed by atoms with E-state index in [1.54, 1.807) is 36.4 Å². The number of phenolic OH excluding ortho intramolecular Hbond substituents is 2. The summed E-state index contributed by atoms with van der Waals surface area (Å²) in [5.41, 5.74) is 0.792. The van der Waals surface area contributed by atoms with Gasteiger partial charge in [0.05, 0.1) is 12.3 Å². The maximum absolute atomic E-state index is 11.8. The molecule has 0 saturated carbocycles. The van der Waals surface area contributed by atoms with Gasteiger partial charge >= 0.3 is 0 Å². The smallest absolute Gasteiger partial charge is 0.246 e. The third-order valence-electron chi connectivity index (χ3n) is 2.97. The average Bonchev–Trinajstić information content (AvgIpc) is 2.53. The highest BCUT2D eigenvalue weighted by atomic mass is 16.5. The number of nitrogens with zero attached hydrogens (tertiary/aromatic N) is 1. The molecule has 0 saturated heterocycles. The van der Waals surface area contributed by atoms with Gasteiger partial charge in [-0.1, -0.05) is 18.2 Å². The van der Waals surface area contributed by atoms with Crippen molar-refractivity contribution in [1.82, 2.24) is 0 Å². The molecule has 2 aromatic rings. The Hall–Kier alpha value is -3.02. The molecule has 0 unspecified atom stereocenters. The number of nitrogens with one attached hydrogen (secondary N) is 1. The van der Waals surface area contributed by atoms with Crippen LogP contribution in [0, 0.1) is 0 Å². The fourth-order valence-corrected chi connectivity index (χ4v) is 1.91. The van der Waals surface area contributed by atoms with Gasteiger partial charge < -0.3 is 20.3 Å². The lowest BCUT2D eigenvalue weighted by Crippen LogP contribution is -2.14. The van der Waals surface area contributed by atoms with Gasteiger partial charge in [-0.15, -0.1) is 0 Å². The topological polar surface area (TPSA) is 91.2 Å². The quantitative estimate of drug-likeness (QED) is 0.564. The van der Waals surface area contributed by atoms with Crippen LogP contribution in [-0.2, 0) is 4.79 Å². The number of benzene rings is 2. The van der Waals surface area contributed by atoms with Crippen LogP contribution in [0.4, 0.5) is 5.69 Å². The van der Waals surface area contributed by atoms with Crippen LogP contribution in [0.1, 0.15) is 12.5 Å². The molecule has 0 heterocycles. The first kappa shape index (κ1) is 16.4. The third-order valence-corrected chi connectivity index (χ3v) is 2.97. The van der Waals surface area contributed by atoms with Gasteiger partial charge in [0.25, 0.3) is 0 Å². The van der Waals surface area contributed by atoms with Gasteiger partial charge in [0.2, 0.25) is 5.91 Å². The van der Waals surface area contributed by atoms with Gasteiger partial charge in [0.1, 0.15) is 12.3 Å². The number of hydrogen-bond acceptors (Lipinski definition) is 5. The molecular formula is C17H18N2O4. The van der Waals surface area contributed by atoms with Crippen LogP contribution in [0.15, 0.2) is 47.5 Å². The van der Waals surface area contributed by atoms with Crippen LogP contribution in [0.2, 0.25) is 0 Å². The molecule has 0 atom stereocenters. The van der Waals surface area contributed by atoms with E-state index in [4.69, 9.17) is 4.74 Å². The van der Waals surface area contributed by atoms with Crippen molar-refractivity contribution in [1.29, 1.82) is 0 Å². The lowest BCUT2D eigenvalue weighted by Gasteiger charge is -2.07. The van der Waals surface area contributed by atoms with Gasteiger partial charge in [0, 0.05) is 11.8 Å². The minimum absolute atomic E-state index is 0.00751. The van der Waals surface area contributed by atoms with E-state index in [2.05, 4.69) is 10.3 Å². The molecular weight excluding hydrogens is 296 g/mol. The minimum atomic E-state index is -0.372. The standard InChI is InChI=1S/C17H18N2O4/c1-2-23-15-9-5-6-12(17(15)22)10-18-11-16(21)19-13-7-3-4-8-14(13)20/h3-10,20,22H,2,11H2,1H3,(H,19,21). The molecule has 0 aliphatic carbocycles. The van der Waals surface area contributed by atoms with Gasteiger partial charge in [-0.2, -0.15) is 0 Å². The Kier molecular flexibility index (Phi) is 5.57. The summed E-state index contributed by atoms with van der Waals surface area (Å²) in [6, 6.07) is 11.5. The minimum Gasteiger partial charge on any atom is -0.506 e. The van der Waals surface area contributed by atoms with Crippen molar-refractivity contribution >= 4 is 17.8 Å². The zero-order valence-electron chi connectivity index (χ0n) is 12.7. The molecule has 2 rings (SSSR count). The normalized spacial score (nSPS) is 10.7. The zero-order valence-corrected chi connectivity index (χ0v) is 12.7. The summed E-state index contributed by atoms with van der Waals surface area (Å²) < 4.78 is 5.28. The molecule has 6 nitrogen and oxygen atoms in total. The number of amides is 1. The number of phenols is 2. The molecule has 0 aliphatic rings. The van der Waals surface area contributed by atoms with Crippen molar-refractivity contribution in [3.8, 4) is 17.2 Å². The molecule has 6 heteroatoms. The lowest BCUT2D eigenvalue weighted by molar-refractivity contribution is -0.114. The monoisotopic (exact) mass is 314 g/mol. The average molecular weight is 314 g/mol. The number of anilines is 1. The fourth-order valence-electron chi connectivity index (χ4n) is 1.91. The van der Waals surface area contributed by atoms with Crippen LogP contribution >= 0.6 is 0 Å². The van der Waals surface area contributed by atoms with Crippen LogP contribution in [0.5, 0.6) is 17.2 Å². The summed E-state index contributed by atoms with van der Waals surface area (Å²) in [5, 5.41) is 22.1. The second kappa shape index (κ2) is 7.84. The molecule has 0 aliphatic heterocycles. The number of hydrogen-bond donors (Lipinski definition) is 3. The summed E-state index contributed by atoms with van der Waals surface area (Å²) in [4.78, 5) is 15.8. The molecule has 2 aromatic carbocycles. The molecule has 0 fully saturated rings. The van der Waals surface area contributed by atoms with Crippen molar-refractivity contribution < 1.29 is 19.7 Å². The third kappa shape index (κ3) is 4.47. The van der Waals surface area contributed by atoms with Crippen molar-refractivity contribution in [3.05, 3.63) is 48.0 Å². The number of carbonyl (C=O) groups excluding carboxylic acids is 1. The molecule has 0 aromatic heterocycles. The van der Waals surface area contributed by atoms with Crippen molar-refractivity contribution in [2.75, 3.05) is 18.5 Å². The number of para-hydroxylation sites is 3. The van der Waals surface area contributed by atoms with E-state index in [1.807, 2.05) is 6.92 Å². The number of aliphatic imine (C=N–C) groups is 1. The maximum atomic E-state index is 11.8. The Morgan fingerprint density at radius 1 is 1.22 bits per heavy atom. The molecule has 3 N–H and O–H groups in total. The Morgan fingerprint density at radius 2 is 2.00 bits per heavy atom. The summed E-state index contributed by atoms with van der Waals surface area (Å²) >= 11 is 0. The zero-order chi connectivity index (χ0) is 16.7. The number of aromatic hydroxyl groups is 2. The summed E-state index contributed by atoms with van der Waals surface area (Å²) in [5.74, 6) is -0.0237. The first-order valence-electron chi connectivity index (χ1n) is 7.14. The molecule has 0 radical (unpaired) electrons. The van der Waals surface area contributed by atoms with E-state index >= 15 is 0 Å². The van der Waals surface area contributed by atoms with Crippen LogP contribution in [0.3, 0.4) is 0 Å². The van der Waals surface area contributed by atoms with E-state index in [9.17, 15) is 15.0 Å². The Morgan fingerprint density at radius 3 is 2.74 bits per heavy atom. The van der Waals surface area contributed by atoms with E-state index in [-0.39, 0.29) is 24.0 Å². The SMILES string of the molecule is CCOc1cccc(C=NCC(=O)Nc2ccccc2O)c1O. The molecule has 120 valence electrons. The van der Waals surface area contributed by atoms with Crippen molar-refractivity contribution in [2.45, 2.75) is 6.92 Å². The second-order valence-corrected chi connectivity index (χ2v) is 4.66. The summed E-state index contributed by atoms with van der Waals surface area (Å²) in [6.45, 7) is 2.13. The van der Waals surface area contributed by atoms with E-state index in [1.165, 1.54) is 12.3 Å². The highest BCUT2D eigenvalue weighted by Gasteiger charge is 2.07. The second-order valence-electron chi connectivity index (χ2n) is 4.66. The van der Waals surface area contributed by atoms with Crippen LogP contribution < -0.4 is 10.1 Å². The predicted molar refractivity (Wildman–Crippen MR) is 88.5 cm³/mol. The molecule has 0 spiro atoms. The van der Waals surface area contributed by atoms with Crippen LogP contribution in [0.25, 0.3) is 0 Å². The number of carbonyl (C=O) groups is 1. The van der Waals surface area contributed by atoms with Gasteiger partial charge in [-0.05, 0) is 31.2 Å². The summed E-state index contributed by atoms with van der Waals surface area (Å²) in [6.07, 6.45) is 1.41. The molecule has 1 amide bonds. The highest BCUT2D eigenvalue weighted by Crippen LogP contribution is 2.28. The predicted octanol–water partition coefficient (Wildman–Crippen LogP) is 2.55.